The van der Waals surface area contributed by atoms with E-state index in [1.165, 1.54) is 11.8 Å². The first kappa shape index (κ1) is 18.4. The van der Waals surface area contributed by atoms with Crippen molar-refractivity contribution in [3.05, 3.63) is 58.6 Å². The van der Waals surface area contributed by atoms with Gasteiger partial charge in [-0.25, -0.2) is 0 Å². The van der Waals surface area contributed by atoms with Crippen LogP contribution in [0.4, 0.5) is 5.69 Å². The molecule has 0 aliphatic rings. The van der Waals surface area contributed by atoms with Crippen molar-refractivity contribution >= 4 is 35.0 Å². The molecule has 0 aliphatic heterocycles. The fourth-order valence-corrected chi connectivity index (χ4v) is 3.35. The van der Waals surface area contributed by atoms with Crippen LogP contribution in [0.25, 0.3) is 5.69 Å². The number of tetrazole rings is 1. The molecule has 0 fully saturated rings. The van der Waals surface area contributed by atoms with Gasteiger partial charge in [0, 0.05) is 10.7 Å². The number of aryl methyl sites for hydroxylation is 1. The van der Waals surface area contributed by atoms with Crippen molar-refractivity contribution in [1.82, 2.24) is 20.2 Å². The maximum absolute atomic E-state index is 12.6. The molecule has 1 amide bonds. The molecule has 8 heteroatoms. The summed E-state index contributed by atoms with van der Waals surface area (Å²) < 4.78 is 1.63. The van der Waals surface area contributed by atoms with Crippen molar-refractivity contribution < 1.29 is 4.79 Å². The van der Waals surface area contributed by atoms with Crippen LogP contribution in [0.5, 0.6) is 0 Å². The number of thioether (sulfide) groups is 1. The van der Waals surface area contributed by atoms with Crippen LogP contribution in [0.1, 0.15) is 18.1 Å². The quantitative estimate of drug-likeness (QED) is 0.668. The number of halogens is 1. The molecular formula is C18H18ClN5OS. The first-order valence-electron chi connectivity index (χ1n) is 8.04. The van der Waals surface area contributed by atoms with E-state index in [9.17, 15) is 4.79 Å². The minimum absolute atomic E-state index is 0.140. The summed E-state index contributed by atoms with van der Waals surface area (Å²) in [4.78, 5) is 12.6. The number of hydrogen-bond donors (Lipinski definition) is 1. The maximum atomic E-state index is 12.6. The summed E-state index contributed by atoms with van der Waals surface area (Å²) in [5.41, 5.74) is 3.50. The Balaban J connectivity index is 1.74. The molecule has 0 spiro atoms. The number of amides is 1. The van der Waals surface area contributed by atoms with Gasteiger partial charge in [0.2, 0.25) is 11.1 Å². The summed E-state index contributed by atoms with van der Waals surface area (Å²) in [6.45, 7) is 5.69. The van der Waals surface area contributed by atoms with E-state index in [0.29, 0.717) is 15.9 Å². The van der Waals surface area contributed by atoms with Gasteiger partial charge < -0.3 is 5.32 Å². The molecule has 0 saturated carbocycles. The first-order chi connectivity index (χ1) is 12.5. The molecule has 1 atom stereocenters. The molecule has 1 N–H and O–H groups in total. The first-order valence-corrected chi connectivity index (χ1v) is 9.29. The van der Waals surface area contributed by atoms with Gasteiger partial charge in [-0.3, -0.25) is 4.79 Å². The van der Waals surface area contributed by atoms with E-state index in [2.05, 4.69) is 20.8 Å². The van der Waals surface area contributed by atoms with E-state index < -0.39 is 0 Å². The SMILES string of the molecule is Cc1cccc(-n2nnnc2SC(C)C(=O)Nc2cccc(Cl)c2C)c1. The zero-order chi connectivity index (χ0) is 18.7. The van der Waals surface area contributed by atoms with Crippen molar-refractivity contribution in [2.75, 3.05) is 5.32 Å². The third-order valence-corrected chi connectivity index (χ3v) is 5.31. The van der Waals surface area contributed by atoms with E-state index in [0.717, 1.165) is 16.8 Å². The largest absolute Gasteiger partial charge is 0.325 e. The summed E-state index contributed by atoms with van der Waals surface area (Å²) in [5.74, 6) is -0.140. The molecule has 2 aromatic carbocycles. The van der Waals surface area contributed by atoms with E-state index >= 15 is 0 Å². The van der Waals surface area contributed by atoms with Crippen LogP contribution in [-0.4, -0.2) is 31.4 Å². The summed E-state index contributed by atoms with van der Waals surface area (Å²) in [6.07, 6.45) is 0. The zero-order valence-corrected chi connectivity index (χ0v) is 16.2. The van der Waals surface area contributed by atoms with Gasteiger partial charge in [0.25, 0.3) is 0 Å². The molecule has 1 heterocycles. The fourth-order valence-electron chi connectivity index (χ4n) is 2.36. The average Bonchev–Trinajstić information content (AvgIpc) is 3.07. The van der Waals surface area contributed by atoms with Crippen LogP contribution in [0.2, 0.25) is 5.02 Å². The van der Waals surface area contributed by atoms with E-state index in [1.54, 1.807) is 16.8 Å². The molecule has 0 radical (unpaired) electrons. The van der Waals surface area contributed by atoms with Gasteiger partial charge in [-0.05, 0) is 66.6 Å². The van der Waals surface area contributed by atoms with Gasteiger partial charge in [-0.15, -0.1) is 5.10 Å². The van der Waals surface area contributed by atoms with Crippen LogP contribution < -0.4 is 5.32 Å². The molecule has 3 aromatic rings. The Bertz CT molecular complexity index is 943. The summed E-state index contributed by atoms with van der Waals surface area (Å²) >= 11 is 7.40. The van der Waals surface area contributed by atoms with E-state index in [4.69, 9.17) is 11.6 Å². The maximum Gasteiger partial charge on any atom is 0.237 e. The normalized spacial score (nSPS) is 12.0. The van der Waals surface area contributed by atoms with E-state index in [1.807, 2.05) is 51.1 Å². The Kier molecular flexibility index (Phi) is 5.58. The van der Waals surface area contributed by atoms with Crippen LogP contribution >= 0.6 is 23.4 Å². The second-order valence-electron chi connectivity index (χ2n) is 5.87. The number of carbonyl (C=O) groups excluding carboxylic acids is 1. The van der Waals surface area contributed by atoms with Crippen molar-refractivity contribution in [3.63, 3.8) is 0 Å². The van der Waals surface area contributed by atoms with Crippen molar-refractivity contribution in [3.8, 4) is 5.69 Å². The Morgan fingerprint density at radius 2 is 2.00 bits per heavy atom. The topological polar surface area (TPSA) is 72.7 Å². The van der Waals surface area contributed by atoms with Crippen LogP contribution in [0.15, 0.2) is 47.6 Å². The minimum atomic E-state index is -0.386. The molecule has 134 valence electrons. The fraction of sp³-hybridized carbons (Fsp3) is 0.222. The molecule has 0 saturated heterocycles. The Hall–Kier alpha value is -2.38. The van der Waals surface area contributed by atoms with Gasteiger partial charge >= 0.3 is 0 Å². The zero-order valence-electron chi connectivity index (χ0n) is 14.6. The molecule has 26 heavy (non-hydrogen) atoms. The van der Waals surface area contributed by atoms with Crippen LogP contribution in [0.3, 0.4) is 0 Å². The molecular weight excluding hydrogens is 370 g/mol. The van der Waals surface area contributed by atoms with E-state index in [-0.39, 0.29) is 11.2 Å². The standard InChI is InChI=1S/C18H18ClN5OS/c1-11-6-4-7-14(10-11)24-18(21-22-23-24)26-13(3)17(25)20-16-9-5-8-15(19)12(16)2/h4-10,13H,1-3H3,(H,20,25). The Morgan fingerprint density at radius 1 is 1.23 bits per heavy atom. The third kappa shape index (κ3) is 4.05. The van der Waals surface area contributed by atoms with Crippen molar-refractivity contribution in [2.24, 2.45) is 0 Å². The molecule has 3 rings (SSSR count). The highest BCUT2D eigenvalue weighted by atomic mass is 35.5. The van der Waals surface area contributed by atoms with Gasteiger partial charge in [0.1, 0.15) is 0 Å². The van der Waals surface area contributed by atoms with Gasteiger partial charge in [0.05, 0.1) is 10.9 Å². The number of nitrogens with zero attached hydrogens (tertiary/aromatic N) is 4. The number of nitrogens with one attached hydrogen (secondary N) is 1. The third-order valence-electron chi connectivity index (χ3n) is 3.86. The summed E-state index contributed by atoms with van der Waals surface area (Å²) in [5, 5.41) is 15.5. The monoisotopic (exact) mass is 387 g/mol. The van der Waals surface area contributed by atoms with Crippen LogP contribution in [0, 0.1) is 13.8 Å². The Morgan fingerprint density at radius 3 is 2.77 bits per heavy atom. The summed E-state index contributed by atoms with van der Waals surface area (Å²) in [6, 6.07) is 13.3. The highest BCUT2D eigenvalue weighted by Gasteiger charge is 2.20. The van der Waals surface area contributed by atoms with Gasteiger partial charge in [-0.2, -0.15) is 4.68 Å². The Labute approximate surface area is 160 Å². The number of carbonyl (C=O) groups is 1. The highest BCUT2D eigenvalue weighted by molar-refractivity contribution is 8.00. The number of rotatable bonds is 5. The predicted octanol–water partition coefficient (Wildman–Crippen LogP) is 4.05. The number of benzene rings is 2. The number of aromatic nitrogens is 4. The van der Waals surface area contributed by atoms with Crippen molar-refractivity contribution in [1.29, 1.82) is 0 Å². The average molecular weight is 388 g/mol. The molecule has 1 aromatic heterocycles. The second kappa shape index (κ2) is 7.88. The number of anilines is 1. The smallest absolute Gasteiger partial charge is 0.237 e. The number of hydrogen-bond acceptors (Lipinski definition) is 5. The molecule has 0 bridgehead atoms. The van der Waals surface area contributed by atoms with Crippen LogP contribution in [-0.2, 0) is 4.79 Å². The van der Waals surface area contributed by atoms with Crippen molar-refractivity contribution in [2.45, 2.75) is 31.2 Å². The lowest BCUT2D eigenvalue weighted by atomic mass is 10.2. The summed E-state index contributed by atoms with van der Waals surface area (Å²) in [7, 11) is 0. The lowest BCUT2D eigenvalue weighted by molar-refractivity contribution is -0.115. The van der Waals surface area contributed by atoms with Gasteiger partial charge in [0.15, 0.2) is 0 Å². The second-order valence-corrected chi connectivity index (χ2v) is 7.59. The highest BCUT2D eigenvalue weighted by Crippen LogP contribution is 2.26. The molecule has 1 unspecified atom stereocenters. The van der Waals surface area contributed by atoms with Gasteiger partial charge in [-0.1, -0.05) is 41.6 Å². The lowest BCUT2D eigenvalue weighted by Crippen LogP contribution is -2.23. The molecule has 6 nitrogen and oxygen atoms in total. The lowest BCUT2D eigenvalue weighted by Gasteiger charge is -2.14. The molecule has 0 aliphatic carbocycles. The predicted molar refractivity (Wildman–Crippen MR) is 104 cm³/mol. The minimum Gasteiger partial charge on any atom is -0.325 e.